The maximum atomic E-state index is 13.1. The number of ether oxygens (including phenoxy) is 4. The molecule has 9 heteroatoms. The molecule has 0 aromatic heterocycles. The molecule has 1 fully saturated rings. The predicted molar refractivity (Wildman–Crippen MR) is 152 cm³/mol. The van der Waals surface area contributed by atoms with Gasteiger partial charge < -0.3 is 30.0 Å². The largest absolute Gasteiger partial charge is 0.493 e. The van der Waals surface area contributed by atoms with Crippen LogP contribution in [0.5, 0.6) is 11.5 Å². The Morgan fingerprint density at radius 2 is 1.93 bits per heavy atom. The smallest absolute Gasteiger partial charge is 0.329 e. The van der Waals surface area contributed by atoms with Crippen LogP contribution in [0.4, 0.5) is 0 Å². The van der Waals surface area contributed by atoms with Crippen LogP contribution >= 0.6 is 0 Å². The number of esters is 2. The van der Waals surface area contributed by atoms with Crippen molar-refractivity contribution in [3.63, 3.8) is 0 Å². The summed E-state index contributed by atoms with van der Waals surface area (Å²) in [4.78, 5) is 38.5. The summed E-state index contributed by atoms with van der Waals surface area (Å²) in [7, 11) is 1.64. The Kier molecular flexibility index (Phi) is 7.41. The Hall–Kier alpha value is -3.07. The lowest BCUT2D eigenvalue weighted by atomic mass is 9.37. The van der Waals surface area contributed by atoms with Crippen LogP contribution in [0.3, 0.4) is 0 Å². The molecule has 41 heavy (non-hydrogen) atoms. The number of hydrogen-bond donors (Lipinski definition) is 2. The first kappa shape index (κ1) is 29.4. The Morgan fingerprint density at radius 3 is 2.56 bits per heavy atom. The third-order valence-electron chi connectivity index (χ3n) is 9.32. The fraction of sp³-hybridized carbons (Fsp3) is 0.656. The van der Waals surface area contributed by atoms with E-state index in [4.69, 9.17) is 24.7 Å². The number of benzene rings is 1. The first-order valence-corrected chi connectivity index (χ1v) is 14.7. The SMILES string of the molecule is COc1ccc2c3c1OC1C(OC(=O)CCC(=O)NC(C(=O)OC(C)(C)C)C(C)C)C=CC4(CN)CC31C4C(C)C2. The van der Waals surface area contributed by atoms with Crippen LogP contribution in [-0.4, -0.2) is 55.4 Å². The second-order valence-corrected chi connectivity index (χ2v) is 13.6. The van der Waals surface area contributed by atoms with E-state index in [9.17, 15) is 14.4 Å². The van der Waals surface area contributed by atoms with Gasteiger partial charge in [0.25, 0.3) is 0 Å². The van der Waals surface area contributed by atoms with Crippen molar-refractivity contribution in [2.45, 2.75) is 96.5 Å². The van der Waals surface area contributed by atoms with Gasteiger partial charge in [-0.15, -0.1) is 0 Å². The summed E-state index contributed by atoms with van der Waals surface area (Å²) in [5.74, 6) is 0.484. The Labute approximate surface area is 242 Å². The van der Waals surface area contributed by atoms with Crippen molar-refractivity contribution in [1.82, 2.24) is 5.32 Å². The highest BCUT2D eigenvalue weighted by Crippen LogP contribution is 2.74. The average molecular weight is 569 g/mol. The molecule has 1 aromatic rings. The summed E-state index contributed by atoms with van der Waals surface area (Å²) in [5, 5.41) is 2.73. The van der Waals surface area contributed by atoms with E-state index < -0.39 is 41.7 Å². The fourth-order valence-corrected chi connectivity index (χ4v) is 7.96. The number of nitrogens with two attached hydrogens (primary N) is 1. The van der Waals surface area contributed by atoms with Crippen LogP contribution in [0.2, 0.25) is 0 Å². The minimum absolute atomic E-state index is 0.109. The number of carbonyl (C=O) groups is 3. The van der Waals surface area contributed by atoms with Crippen LogP contribution in [0.1, 0.15) is 71.9 Å². The molecular formula is C32H44N2O7. The quantitative estimate of drug-likeness (QED) is 0.342. The highest BCUT2D eigenvalue weighted by Gasteiger charge is 2.74. The van der Waals surface area contributed by atoms with E-state index in [0.29, 0.717) is 18.2 Å². The van der Waals surface area contributed by atoms with Gasteiger partial charge in [-0.2, -0.15) is 0 Å². The molecule has 224 valence electrons. The molecule has 1 aromatic carbocycles. The van der Waals surface area contributed by atoms with Crippen LogP contribution in [-0.2, 0) is 35.7 Å². The maximum absolute atomic E-state index is 13.1. The van der Waals surface area contributed by atoms with Crippen molar-refractivity contribution < 1.29 is 33.3 Å². The zero-order valence-corrected chi connectivity index (χ0v) is 25.2. The van der Waals surface area contributed by atoms with E-state index in [0.717, 1.165) is 18.6 Å². The fourth-order valence-electron chi connectivity index (χ4n) is 7.96. The van der Waals surface area contributed by atoms with Crippen LogP contribution < -0.4 is 20.5 Å². The van der Waals surface area contributed by atoms with Gasteiger partial charge in [-0.25, -0.2) is 4.79 Å². The molecule has 2 bridgehead atoms. The highest BCUT2D eigenvalue weighted by atomic mass is 16.6. The van der Waals surface area contributed by atoms with Gasteiger partial charge in [0.15, 0.2) is 17.6 Å². The maximum Gasteiger partial charge on any atom is 0.329 e. The summed E-state index contributed by atoms with van der Waals surface area (Å²) in [5.41, 5.74) is 7.65. The van der Waals surface area contributed by atoms with Crippen molar-refractivity contribution in [1.29, 1.82) is 0 Å². The summed E-state index contributed by atoms with van der Waals surface area (Å²) in [6.45, 7) is 11.8. The lowest BCUT2D eigenvalue weighted by Crippen LogP contribution is -2.69. The molecule has 1 spiro atoms. The zero-order valence-electron chi connectivity index (χ0n) is 25.2. The molecule has 6 rings (SSSR count). The van der Waals surface area contributed by atoms with Crippen molar-refractivity contribution >= 4 is 17.8 Å². The van der Waals surface area contributed by atoms with E-state index in [2.05, 4.69) is 24.4 Å². The molecule has 1 amide bonds. The van der Waals surface area contributed by atoms with E-state index in [1.54, 1.807) is 27.9 Å². The van der Waals surface area contributed by atoms with Crippen molar-refractivity contribution in [2.24, 2.45) is 28.9 Å². The highest BCUT2D eigenvalue weighted by molar-refractivity contribution is 5.86. The molecule has 0 saturated heterocycles. The van der Waals surface area contributed by atoms with Crippen LogP contribution in [0, 0.1) is 23.2 Å². The molecule has 1 heterocycles. The first-order chi connectivity index (χ1) is 19.3. The zero-order chi connectivity index (χ0) is 29.9. The van der Waals surface area contributed by atoms with Gasteiger partial charge in [-0.1, -0.05) is 32.9 Å². The predicted octanol–water partition coefficient (Wildman–Crippen LogP) is 3.60. The molecule has 3 N–H and O–H groups in total. The third-order valence-corrected chi connectivity index (χ3v) is 9.32. The Balaban J connectivity index is 1.30. The summed E-state index contributed by atoms with van der Waals surface area (Å²) in [6.07, 6.45) is 4.57. The van der Waals surface area contributed by atoms with Crippen molar-refractivity contribution in [3.8, 4) is 11.5 Å². The Morgan fingerprint density at radius 1 is 1.20 bits per heavy atom. The number of carbonyl (C=O) groups excluding carboxylic acids is 3. The molecular weight excluding hydrogens is 524 g/mol. The molecule has 5 aliphatic rings. The number of nitrogens with one attached hydrogen (secondary N) is 1. The normalized spacial score (nSPS) is 31.2. The second-order valence-electron chi connectivity index (χ2n) is 13.6. The lowest BCUT2D eigenvalue weighted by molar-refractivity contribution is -0.161. The number of fused-ring (bicyclic) bond motifs is 1. The van der Waals surface area contributed by atoms with Crippen LogP contribution in [0.25, 0.3) is 0 Å². The lowest BCUT2D eigenvalue weighted by Gasteiger charge is -2.65. The third kappa shape index (κ3) is 4.80. The molecule has 7 unspecified atom stereocenters. The number of rotatable bonds is 9. The van der Waals surface area contributed by atoms with Gasteiger partial charge in [-0.3, -0.25) is 9.59 Å². The standard InChI is InChI=1S/C32H44N2O7/c1-17(2)25(29(37)41-30(4,5)6)34-22(35)10-11-23(36)39-21-12-13-31(16-33)15-32-24-19(14-18(3)27(31)32)8-9-20(38-7)26(24)40-28(21)32/h8-9,12-13,17-18,21,25,27-28H,10-11,14-16,33H2,1-7H3,(H,34,35). The minimum Gasteiger partial charge on any atom is -0.493 e. The number of methoxy groups -OCH3 is 1. The summed E-state index contributed by atoms with van der Waals surface area (Å²) < 4.78 is 23.8. The topological polar surface area (TPSA) is 126 Å². The van der Waals surface area contributed by atoms with Gasteiger partial charge in [-0.05, 0) is 69.1 Å². The Bertz CT molecular complexity index is 1270. The van der Waals surface area contributed by atoms with Crippen LogP contribution in [0.15, 0.2) is 24.3 Å². The summed E-state index contributed by atoms with van der Waals surface area (Å²) in [6, 6.07) is 3.28. The second kappa shape index (κ2) is 10.3. The minimum atomic E-state index is -0.805. The van der Waals surface area contributed by atoms with E-state index in [1.807, 2.05) is 26.0 Å². The average Bonchev–Trinajstić information content (AvgIpc) is 3.11. The van der Waals surface area contributed by atoms with Gasteiger partial charge in [0, 0.05) is 29.4 Å². The monoisotopic (exact) mass is 568 g/mol. The van der Waals surface area contributed by atoms with Gasteiger partial charge in [0.1, 0.15) is 17.7 Å². The molecule has 4 aliphatic carbocycles. The van der Waals surface area contributed by atoms with Crippen molar-refractivity contribution in [2.75, 3.05) is 13.7 Å². The number of amides is 1. The van der Waals surface area contributed by atoms with E-state index in [-0.39, 0.29) is 35.5 Å². The van der Waals surface area contributed by atoms with Gasteiger partial charge in [0.05, 0.1) is 13.5 Å². The molecule has 0 radical (unpaired) electrons. The van der Waals surface area contributed by atoms with Gasteiger partial charge in [0.2, 0.25) is 5.91 Å². The van der Waals surface area contributed by atoms with Crippen molar-refractivity contribution in [3.05, 3.63) is 35.4 Å². The molecule has 9 nitrogen and oxygen atoms in total. The first-order valence-electron chi connectivity index (χ1n) is 14.7. The molecule has 1 saturated carbocycles. The number of hydrogen-bond acceptors (Lipinski definition) is 8. The van der Waals surface area contributed by atoms with E-state index >= 15 is 0 Å². The molecule has 7 atom stereocenters. The summed E-state index contributed by atoms with van der Waals surface area (Å²) >= 11 is 0. The van der Waals surface area contributed by atoms with E-state index in [1.165, 1.54) is 11.1 Å². The van der Waals surface area contributed by atoms with Gasteiger partial charge >= 0.3 is 11.9 Å². The molecule has 1 aliphatic heterocycles.